The molecule has 2 fully saturated rings. The molecule has 3 aliphatic rings. The quantitative estimate of drug-likeness (QED) is 0.471. The third kappa shape index (κ3) is 6.77. The largest absolute Gasteiger partial charge is 0.348 e. The van der Waals surface area contributed by atoms with Gasteiger partial charge in [0, 0.05) is 38.6 Å². The highest BCUT2D eigenvalue weighted by Crippen LogP contribution is 2.52. The summed E-state index contributed by atoms with van der Waals surface area (Å²) in [5.74, 6) is 0.0396. The maximum atomic E-state index is 13.9. The Morgan fingerprint density at radius 3 is 2.34 bits per heavy atom. The molecule has 1 heterocycles. The molecule has 7 nitrogen and oxygen atoms in total. The van der Waals surface area contributed by atoms with E-state index in [1.54, 1.807) is 4.90 Å². The van der Waals surface area contributed by atoms with Gasteiger partial charge in [0.05, 0.1) is 5.92 Å². The normalized spacial score (nSPS) is 20.7. The summed E-state index contributed by atoms with van der Waals surface area (Å²) in [6, 6.07) is 18.1. The van der Waals surface area contributed by atoms with Gasteiger partial charge in [0.15, 0.2) is 0 Å². The molecule has 220 valence electrons. The van der Waals surface area contributed by atoms with E-state index in [2.05, 4.69) is 41.0 Å². The summed E-state index contributed by atoms with van der Waals surface area (Å²) < 4.78 is 0. The number of nitrogens with zero attached hydrogens (tertiary/aromatic N) is 2. The second-order valence-corrected chi connectivity index (χ2v) is 12.6. The van der Waals surface area contributed by atoms with Crippen molar-refractivity contribution in [2.24, 2.45) is 0 Å². The maximum Gasteiger partial charge on any atom is 0.315 e. The van der Waals surface area contributed by atoms with Gasteiger partial charge in [-0.05, 0) is 68.1 Å². The van der Waals surface area contributed by atoms with Crippen LogP contribution in [0.15, 0.2) is 54.6 Å². The summed E-state index contributed by atoms with van der Waals surface area (Å²) in [6.45, 7) is 1.27. The van der Waals surface area contributed by atoms with E-state index in [4.69, 9.17) is 0 Å². The van der Waals surface area contributed by atoms with Crippen LogP contribution in [0.2, 0.25) is 0 Å². The van der Waals surface area contributed by atoms with Gasteiger partial charge in [0.2, 0.25) is 11.8 Å². The molecule has 41 heavy (non-hydrogen) atoms. The minimum atomic E-state index is -0.546. The predicted octanol–water partition coefficient (Wildman–Crippen LogP) is 5.15. The number of hydrogen-bond donors (Lipinski definition) is 2. The number of carbonyl (C=O) groups is 3. The van der Waals surface area contributed by atoms with Crippen molar-refractivity contribution in [3.8, 4) is 0 Å². The van der Waals surface area contributed by atoms with Crippen molar-refractivity contribution in [3.63, 3.8) is 0 Å². The minimum Gasteiger partial charge on any atom is -0.348 e. The molecular weight excluding hydrogens is 512 g/mol. The van der Waals surface area contributed by atoms with Gasteiger partial charge in [-0.25, -0.2) is 4.79 Å². The second kappa shape index (κ2) is 13.1. The summed E-state index contributed by atoms with van der Waals surface area (Å²) in [6.07, 6.45) is 10.3. The molecule has 0 bridgehead atoms. The van der Waals surface area contributed by atoms with E-state index in [9.17, 15) is 14.4 Å². The number of likely N-dealkylation sites (N-methyl/N-ethyl adjacent to an activating group) is 1. The Labute approximate surface area is 245 Å². The van der Waals surface area contributed by atoms with Crippen LogP contribution in [0.4, 0.5) is 4.79 Å². The van der Waals surface area contributed by atoms with Crippen molar-refractivity contribution in [1.82, 2.24) is 20.4 Å². The lowest BCUT2D eigenvalue weighted by Gasteiger charge is -2.41. The molecule has 0 aromatic heterocycles. The number of piperidine rings is 1. The van der Waals surface area contributed by atoms with Crippen LogP contribution in [0.25, 0.3) is 0 Å². The van der Waals surface area contributed by atoms with E-state index in [0.717, 1.165) is 63.4 Å². The van der Waals surface area contributed by atoms with Crippen molar-refractivity contribution in [3.05, 3.63) is 71.3 Å². The van der Waals surface area contributed by atoms with E-state index >= 15 is 0 Å². The molecule has 1 saturated carbocycles. The first kappa shape index (κ1) is 29.2. The highest BCUT2D eigenvalue weighted by molar-refractivity contribution is 5.87. The highest BCUT2D eigenvalue weighted by atomic mass is 16.2. The molecule has 4 amide bonds. The van der Waals surface area contributed by atoms with Gasteiger partial charge >= 0.3 is 6.03 Å². The lowest BCUT2D eigenvalue weighted by molar-refractivity contribution is -0.135. The van der Waals surface area contributed by atoms with Gasteiger partial charge in [-0.2, -0.15) is 0 Å². The molecule has 0 radical (unpaired) electrons. The molecule has 1 aliphatic heterocycles. The van der Waals surface area contributed by atoms with Crippen LogP contribution in [0.1, 0.15) is 86.8 Å². The van der Waals surface area contributed by atoms with E-state index in [1.807, 2.05) is 43.3 Å². The molecule has 7 heteroatoms. The van der Waals surface area contributed by atoms with E-state index in [1.165, 1.54) is 17.5 Å². The molecule has 1 saturated heterocycles. The van der Waals surface area contributed by atoms with Crippen molar-refractivity contribution < 1.29 is 14.4 Å². The van der Waals surface area contributed by atoms with E-state index in [0.29, 0.717) is 19.5 Å². The summed E-state index contributed by atoms with van der Waals surface area (Å²) in [4.78, 5) is 43.6. The van der Waals surface area contributed by atoms with E-state index < -0.39 is 6.04 Å². The third-order valence-electron chi connectivity index (χ3n) is 9.62. The molecular formula is C34H46N4O3. The maximum absolute atomic E-state index is 13.9. The summed E-state index contributed by atoms with van der Waals surface area (Å²) >= 11 is 0. The number of amides is 4. The number of carbonyl (C=O) groups excluding carboxylic acids is 3. The number of likely N-dealkylation sites (tertiary alicyclic amines) is 1. The monoisotopic (exact) mass is 558 g/mol. The van der Waals surface area contributed by atoms with Crippen LogP contribution >= 0.6 is 0 Å². The Balaban J connectivity index is 1.24. The first-order valence-corrected chi connectivity index (χ1v) is 15.6. The first-order valence-electron chi connectivity index (χ1n) is 15.6. The van der Waals surface area contributed by atoms with Crippen molar-refractivity contribution in [2.45, 2.75) is 94.0 Å². The zero-order chi connectivity index (χ0) is 28.8. The van der Waals surface area contributed by atoms with Crippen LogP contribution in [0.3, 0.4) is 0 Å². The Kier molecular flexibility index (Phi) is 9.31. The average molecular weight is 559 g/mol. The standard InChI is InChI=1S/C34H46N4O3/c1-37(2)31(39)28-24-34(29-18-10-9-17-27(28)29)20-22-38(23-21-34)32(40)30(19-11-14-25-12-5-3-6-13-25)36-33(41)35-26-15-7-4-8-16-26/h3,5-6,9-10,12-13,17-18,26,28,30H,4,7-8,11,14-16,19-24H2,1-2H3,(H2,35,36,41). The fraction of sp³-hybridized carbons (Fsp3) is 0.559. The minimum absolute atomic E-state index is 0.0129. The van der Waals surface area contributed by atoms with Gasteiger partial charge in [0.25, 0.3) is 0 Å². The number of nitrogens with one attached hydrogen (secondary N) is 2. The number of hydrogen-bond acceptors (Lipinski definition) is 3. The molecule has 2 aromatic rings. The van der Waals surface area contributed by atoms with Crippen LogP contribution in [-0.4, -0.2) is 66.9 Å². The van der Waals surface area contributed by atoms with Crippen LogP contribution in [0.5, 0.6) is 0 Å². The van der Waals surface area contributed by atoms with Crippen LogP contribution in [-0.2, 0) is 21.4 Å². The van der Waals surface area contributed by atoms with Crippen LogP contribution in [0, 0.1) is 0 Å². The Morgan fingerprint density at radius 1 is 0.951 bits per heavy atom. The molecule has 2 unspecified atom stereocenters. The zero-order valence-electron chi connectivity index (χ0n) is 24.7. The summed E-state index contributed by atoms with van der Waals surface area (Å²) in [5, 5.41) is 6.20. The highest BCUT2D eigenvalue weighted by Gasteiger charge is 2.48. The summed E-state index contributed by atoms with van der Waals surface area (Å²) in [5.41, 5.74) is 3.58. The smallest absolute Gasteiger partial charge is 0.315 e. The second-order valence-electron chi connectivity index (χ2n) is 12.6. The predicted molar refractivity (Wildman–Crippen MR) is 162 cm³/mol. The van der Waals surface area contributed by atoms with Gasteiger partial charge in [0.1, 0.15) is 6.04 Å². The average Bonchev–Trinajstić information content (AvgIpc) is 3.31. The lowest BCUT2D eigenvalue weighted by Crippen LogP contribution is -2.55. The van der Waals surface area contributed by atoms with Crippen LogP contribution < -0.4 is 10.6 Å². The molecule has 1 spiro atoms. The molecule has 2 atom stereocenters. The molecule has 5 rings (SSSR count). The molecule has 2 aromatic carbocycles. The summed E-state index contributed by atoms with van der Waals surface area (Å²) in [7, 11) is 3.65. The third-order valence-corrected chi connectivity index (χ3v) is 9.62. The zero-order valence-corrected chi connectivity index (χ0v) is 24.7. The molecule has 2 aliphatic carbocycles. The Morgan fingerprint density at radius 2 is 1.63 bits per heavy atom. The van der Waals surface area contributed by atoms with Crippen molar-refractivity contribution >= 4 is 17.8 Å². The number of rotatable bonds is 8. The fourth-order valence-corrected chi connectivity index (χ4v) is 7.32. The van der Waals surface area contributed by atoms with Gasteiger partial charge in [-0.1, -0.05) is 73.9 Å². The van der Waals surface area contributed by atoms with E-state index in [-0.39, 0.29) is 35.2 Å². The fourth-order valence-electron chi connectivity index (χ4n) is 7.32. The number of benzene rings is 2. The topological polar surface area (TPSA) is 81.8 Å². The number of aryl methyl sites for hydroxylation is 1. The number of urea groups is 1. The van der Waals surface area contributed by atoms with Gasteiger partial charge in [-0.15, -0.1) is 0 Å². The SMILES string of the molecule is CN(C)C(=O)C1CC2(CCN(C(=O)C(CCCc3ccccc3)NC(=O)NC3CCCCC3)CC2)c2ccccc21. The van der Waals surface area contributed by atoms with Gasteiger partial charge < -0.3 is 20.4 Å². The van der Waals surface area contributed by atoms with Crippen molar-refractivity contribution in [2.75, 3.05) is 27.2 Å². The first-order chi connectivity index (χ1) is 19.9. The molecule has 2 N–H and O–H groups in total. The Hall–Kier alpha value is -3.35. The van der Waals surface area contributed by atoms with Crippen molar-refractivity contribution in [1.29, 1.82) is 0 Å². The van der Waals surface area contributed by atoms with Gasteiger partial charge in [-0.3, -0.25) is 9.59 Å². The Bertz CT molecular complexity index is 1200. The number of fused-ring (bicyclic) bond motifs is 2. The lowest BCUT2D eigenvalue weighted by atomic mass is 9.73.